The lowest BCUT2D eigenvalue weighted by molar-refractivity contribution is 0.828. The molecule has 0 aliphatic heterocycles. The topological polar surface area (TPSA) is 0 Å². The molecule has 0 N–H and O–H groups in total. The van der Waals surface area contributed by atoms with E-state index < -0.39 is 0 Å². The molecule has 1 aromatic rings. The Balaban J connectivity index is 2.74. The molecule has 0 aliphatic rings. The lowest BCUT2D eigenvalue weighted by Crippen LogP contribution is -1.85. The van der Waals surface area contributed by atoms with Gasteiger partial charge in [-0.1, -0.05) is 37.3 Å². The molecule has 0 heterocycles. The molecule has 0 nitrogen and oxygen atoms in total. The Morgan fingerprint density at radius 3 is 2.71 bits per heavy atom. The van der Waals surface area contributed by atoms with Crippen LogP contribution < -0.4 is 0 Å². The predicted octanol–water partition coefficient (Wildman–Crippen LogP) is 3.85. The molecular weight excluding hydrogens is 168 g/mol. The van der Waals surface area contributed by atoms with Gasteiger partial charge in [-0.2, -0.15) is 0 Å². The number of aryl methyl sites for hydroxylation is 1. The zero-order valence-electron chi connectivity index (χ0n) is 9.35. The van der Waals surface area contributed by atoms with Crippen LogP contribution in [0.25, 0.3) is 0 Å². The van der Waals surface area contributed by atoms with E-state index in [0.717, 1.165) is 6.42 Å². The quantitative estimate of drug-likeness (QED) is 0.486. The second-order valence-corrected chi connectivity index (χ2v) is 3.65. The maximum atomic E-state index is 3.24. The Hall–Kier alpha value is -1.22. The van der Waals surface area contributed by atoms with Gasteiger partial charge in [0.2, 0.25) is 0 Å². The fourth-order valence-electron chi connectivity index (χ4n) is 1.31. The molecule has 0 saturated carbocycles. The van der Waals surface area contributed by atoms with Crippen LogP contribution in [-0.4, -0.2) is 0 Å². The van der Waals surface area contributed by atoms with E-state index in [0.29, 0.717) is 0 Å². The molecule has 0 radical (unpaired) electrons. The molecule has 14 heavy (non-hydrogen) atoms. The average molecular weight is 186 g/mol. The maximum absolute atomic E-state index is 3.24. The summed E-state index contributed by atoms with van der Waals surface area (Å²) in [5.41, 5.74) is 3.82. The van der Waals surface area contributed by atoms with Crippen LogP contribution in [0.15, 0.2) is 18.2 Å². The maximum Gasteiger partial charge on any atom is 0.0277 e. The summed E-state index contributed by atoms with van der Waals surface area (Å²) < 4.78 is 0. The van der Waals surface area contributed by atoms with E-state index in [2.05, 4.69) is 50.8 Å². The van der Waals surface area contributed by atoms with E-state index in [1.807, 2.05) is 0 Å². The summed E-state index contributed by atoms with van der Waals surface area (Å²) in [5.74, 6) is 6.46. The van der Waals surface area contributed by atoms with Crippen molar-refractivity contribution < 1.29 is 0 Å². The van der Waals surface area contributed by atoms with Crippen LogP contribution in [-0.2, 0) is 0 Å². The Kier molecular flexibility index (Phi) is 4.26. The third-order valence-corrected chi connectivity index (χ3v) is 2.48. The van der Waals surface area contributed by atoms with Gasteiger partial charge >= 0.3 is 0 Å². The summed E-state index contributed by atoms with van der Waals surface area (Å²) >= 11 is 0. The first-order chi connectivity index (χ1) is 6.75. The molecule has 1 rings (SSSR count). The zero-order chi connectivity index (χ0) is 10.4. The van der Waals surface area contributed by atoms with E-state index in [9.17, 15) is 0 Å². The monoisotopic (exact) mass is 186 g/mol. The van der Waals surface area contributed by atoms with Crippen molar-refractivity contribution in [2.75, 3.05) is 0 Å². The highest BCUT2D eigenvalue weighted by atomic mass is 14.0. The molecule has 74 valence electrons. The van der Waals surface area contributed by atoms with E-state index >= 15 is 0 Å². The Morgan fingerprint density at radius 2 is 2.00 bits per heavy atom. The number of rotatable bonds is 2. The highest BCUT2D eigenvalue weighted by Gasteiger charge is 1.95. The van der Waals surface area contributed by atoms with Crippen molar-refractivity contribution in [2.24, 2.45) is 0 Å². The van der Waals surface area contributed by atoms with Gasteiger partial charge in [-0.15, -0.1) is 0 Å². The first kappa shape index (κ1) is 10.9. The second-order valence-electron chi connectivity index (χ2n) is 3.65. The molecule has 0 heteroatoms. The number of benzene rings is 1. The Labute approximate surface area is 87.4 Å². The summed E-state index contributed by atoms with van der Waals surface area (Å²) in [4.78, 5) is 0. The van der Waals surface area contributed by atoms with Crippen LogP contribution in [0.3, 0.4) is 0 Å². The number of hydrogen-bond acceptors (Lipinski definition) is 0. The lowest BCUT2D eigenvalue weighted by atomic mass is 10.0. The van der Waals surface area contributed by atoms with Crippen LogP contribution in [0.2, 0.25) is 0 Å². The Morgan fingerprint density at radius 1 is 1.21 bits per heavy atom. The van der Waals surface area contributed by atoms with Crippen molar-refractivity contribution in [1.82, 2.24) is 0 Å². The minimum Gasteiger partial charge on any atom is -0.0979 e. The normalized spacial score (nSPS) is 9.36. The van der Waals surface area contributed by atoms with Gasteiger partial charge in [0.15, 0.2) is 0 Å². The molecule has 0 fully saturated rings. The standard InChI is InChI=1S/C14H18/c1-4-5-6-7-10-14-11-8-9-12(2)13(14)3/h8-9,11H,4-6H2,1-3H3. The van der Waals surface area contributed by atoms with Crippen molar-refractivity contribution in [1.29, 1.82) is 0 Å². The number of unbranched alkanes of at least 4 members (excludes halogenated alkanes) is 2. The smallest absolute Gasteiger partial charge is 0.0277 e. The van der Waals surface area contributed by atoms with E-state index in [1.165, 1.54) is 29.5 Å². The number of hydrogen-bond donors (Lipinski definition) is 0. The van der Waals surface area contributed by atoms with Gasteiger partial charge in [0.1, 0.15) is 0 Å². The third kappa shape index (κ3) is 2.92. The summed E-state index contributed by atoms with van der Waals surface area (Å²) in [7, 11) is 0. The van der Waals surface area contributed by atoms with Crippen LogP contribution in [0.5, 0.6) is 0 Å². The fraction of sp³-hybridized carbons (Fsp3) is 0.429. The summed E-state index contributed by atoms with van der Waals surface area (Å²) in [6.07, 6.45) is 3.45. The first-order valence-corrected chi connectivity index (χ1v) is 5.30. The second kappa shape index (κ2) is 5.50. The van der Waals surface area contributed by atoms with Gasteiger partial charge in [-0.25, -0.2) is 0 Å². The van der Waals surface area contributed by atoms with Gasteiger partial charge in [0.25, 0.3) is 0 Å². The molecule has 0 atom stereocenters. The van der Waals surface area contributed by atoms with Crippen LogP contribution in [0.4, 0.5) is 0 Å². The van der Waals surface area contributed by atoms with E-state index in [4.69, 9.17) is 0 Å². The molecular formula is C14H18. The van der Waals surface area contributed by atoms with Gasteiger partial charge < -0.3 is 0 Å². The van der Waals surface area contributed by atoms with Crippen molar-refractivity contribution in [2.45, 2.75) is 40.0 Å². The third-order valence-electron chi connectivity index (χ3n) is 2.48. The first-order valence-electron chi connectivity index (χ1n) is 5.30. The van der Waals surface area contributed by atoms with Crippen molar-refractivity contribution in [3.8, 4) is 11.8 Å². The minimum atomic E-state index is 1.02. The van der Waals surface area contributed by atoms with Gasteiger partial charge in [0, 0.05) is 12.0 Å². The summed E-state index contributed by atoms with van der Waals surface area (Å²) in [5, 5.41) is 0. The Bertz CT molecular complexity index is 350. The minimum absolute atomic E-state index is 1.02. The molecule has 0 bridgehead atoms. The molecule has 0 spiro atoms. The van der Waals surface area contributed by atoms with Crippen LogP contribution >= 0.6 is 0 Å². The van der Waals surface area contributed by atoms with Crippen molar-refractivity contribution in [3.63, 3.8) is 0 Å². The largest absolute Gasteiger partial charge is 0.0979 e. The van der Waals surface area contributed by atoms with E-state index in [-0.39, 0.29) is 0 Å². The SMILES string of the molecule is CCCCC#Cc1cccc(C)c1C. The average Bonchev–Trinajstić information content (AvgIpc) is 2.19. The highest BCUT2D eigenvalue weighted by molar-refractivity contribution is 5.44. The fourth-order valence-corrected chi connectivity index (χ4v) is 1.31. The molecule has 0 aliphatic carbocycles. The molecule has 0 aromatic heterocycles. The zero-order valence-corrected chi connectivity index (χ0v) is 9.35. The van der Waals surface area contributed by atoms with Crippen LogP contribution in [0.1, 0.15) is 42.9 Å². The molecule has 0 unspecified atom stereocenters. The van der Waals surface area contributed by atoms with Gasteiger partial charge in [-0.3, -0.25) is 0 Å². The summed E-state index contributed by atoms with van der Waals surface area (Å²) in [6.45, 7) is 6.46. The predicted molar refractivity (Wildman–Crippen MR) is 62.3 cm³/mol. The van der Waals surface area contributed by atoms with Crippen LogP contribution in [0, 0.1) is 25.7 Å². The molecule has 0 saturated heterocycles. The molecule has 1 aromatic carbocycles. The van der Waals surface area contributed by atoms with Crippen molar-refractivity contribution >= 4 is 0 Å². The molecule has 0 amide bonds. The lowest BCUT2D eigenvalue weighted by Gasteiger charge is -2.00. The van der Waals surface area contributed by atoms with Gasteiger partial charge in [-0.05, 0) is 37.5 Å². The van der Waals surface area contributed by atoms with Gasteiger partial charge in [0.05, 0.1) is 0 Å². The van der Waals surface area contributed by atoms with Crippen molar-refractivity contribution in [3.05, 3.63) is 34.9 Å². The summed E-state index contributed by atoms with van der Waals surface area (Å²) in [6, 6.07) is 6.31. The highest BCUT2D eigenvalue weighted by Crippen LogP contribution is 2.11. The van der Waals surface area contributed by atoms with E-state index in [1.54, 1.807) is 0 Å².